The SMILES string of the molecule is CN1CCN(c2cc(F)ccc2NC(=O)c2c[nH]c(=O)cc2C(F)(F)F)CC1. The number of benzene rings is 1. The van der Waals surface area contributed by atoms with Gasteiger partial charge in [0.05, 0.1) is 22.5 Å². The zero-order valence-electron chi connectivity index (χ0n) is 14.9. The fourth-order valence-corrected chi connectivity index (χ4v) is 3.00. The summed E-state index contributed by atoms with van der Waals surface area (Å²) in [6, 6.07) is 3.99. The van der Waals surface area contributed by atoms with E-state index in [-0.39, 0.29) is 5.69 Å². The number of piperazine rings is 1. The predicted octanol–water partition coefficient (Wildman–Crippen LogP) is 2.54. The zero-order chi connectivity index (χ0) is 20.5. The second-order valence-electron chi connectivity index (χ2n) is 6.53. The quantitative estimate of drug-likeness (QED) is 0.780. The van der Waals surface area contributed by atoms with Crippen molar-refractivity contribution in [1.29, 1.82) is 0 Å². The minimum absolute atomic E-state index is 0.190. The van der Waals surface area contributed by atoms with E-state index in [0.29, 0.717) is 24.8 Å². The molecule has 0 bridgehead atoms. The normalized spacial score (nSPS) is 15.5. The molecule has 28 heavy (non-hydrogen) atoms. The number of carbonyl (C=O) groups is 1. The molecule has 150 valence electrons. The van der Waals surface area contributed by atoms with E-state index in [1.54, 1.807) is 0 Å². The number of aromatic nitrogens is 1. The molecular weight excluding hydrogens is 380 g/mol. The van der Waals surface area contributed by atoms with Crippen LogP contribution in [-0.4, -0.2) is 49.0 Å². The van der Waals surface area contributed by atoms with Crippen molar-refractivity contribution in [2.24, 2.45) is 0 Å². The highest BCUT2D eigenvalue weighted by atomic mass is 19.4. The van der Waals surface area contributed by atoms with E-state index >= 15 is 0 Å². The minimum Gasteiger partial charge on any atom is -0.367 e. The number of carbonyl (C=O) groups excluding carboxylic acids is 1. The molecule has 0 saturated carbocycles. The van der Waals surface area contributed by atoms with Gasteiger partial charge < -0.3 is 20.1 Å². The van der Waals surface area contributed by atoms with Gasteiger partial charge in [-0.15, -0.1) is 0 Å². The fraction of sp³-hybridized carbons (Fsp3) is 0.333. The van der Waals surface area contributed by atoms with Gasteiger partial charge >= 0.3 is 6.18 Å². The summed E-state index contributed by atoms with van der Waals surface area (Å²) in [5.41, 5.74) is -2.45. The molecule has 2 N–H and O–H groups in total. The average Bonchev–Trinajstić information content (AvgIpc) is 2.63. The number of amides is 1. The number of aromatic amines is 1. The monoisotopic (exact) mass is 398 g/mol. The smallest absolute Gasteiger partial charge is 0.367 e. The first-order chi connectivity index (χ1) is 13.1. The van der Waals surface area contributed by atoms with Crippen molar-refractivity contribution in [3.8, 4) is 0 Å². The van der Waals surface area contributed by atoms with Crippen molar-refractivity contribution in [2.45, 2.75) is 6.18 Å². The molecular formula is C18H18F4N4O2. The first-order valence-electron chi connectivity index (χ1n) is 8.49. The predicted molar refractivity (Wildman–Crippen MR) is 96.1 cm³/mol. The lowest BCUT2D eigenvalue weighted by Gasteiger charge is -2.35. The zero-order valence-corrected chi connectivity index (χ0v) is 14.9. The van der Waals surface area contributed by atoms with Crippen molar-refractivity contribution >= 4 is 17.3 Å². The molecule has 10 heteroatoms. The van der Waals surface area contributed by atoms with Crippen LogP contribution >= 0.6 is 0 Å². The Morgan fingerprint density at radius 3 is 2.46 bits per heavy atom. The summed E-state index contributed by atoms with van der Waals surface area (Å²) in [6.07, 6.45) is -4.15. The van der Waals surface area contributed by atoms with E-state index < -0.39 is 34.6 Å². The van der Waals surface area contributed by atoms with Gasteiger partial charge in [-0.25, -0.2) is 4.39 Å². The van der Waals surface area contributed by atoms with E-state index in [0.717, 1.165) is 25.4 Å². The number of H-pyrrole nitrogens is 1. The van der Waals surface area contributed by atoms with Crippen LogP contribution in [0.1, 0.15) is 15.9 Å². The van der Waals surface area contributed by atoms with Gasteiger partial charge in [0.1, 0.15) is 5.82 Å². The highest BCUT2D eigenvalue weighted by Crippen LogP contribution is 2.32. The topological polar surface area (TPSA) is 68.4 Å². The summed E-state index contributed by atoms with van der Waals surface area (Å²) >= 11 is 0. The lowest BCUT2D eigenvalue weighted by atomic mass is 10.1. The van der Waals surface area contributed by atoms with Crippen molar-refractivity contribution in [3.63, 3.8) is 0 Å². The maximum Gasteiger partial charge on any atom is 0.417 e. The van der Waals surface area contributed by atoms with Gasteiger partial charge in [0.2, 0.25) is 5.56 Å². The maximum atomic E-state index is 13.8. The first kappa shape index (κ1) is 19.9. The summed E-state index contributed by atoms with van der Waals surface area (Å²) in [5.74, 6) is -1.57. The summed E-state index contributed by atoms with van der Waals surface area (Å²) in [7, 11) is 1.94. The summed E-state index contributed by atoms with van der Waals surface area (Å²) in [4.78, 5) is 29.8. The molecule has 0 radical (unpaired) electrons. The van der Waals surface area contributed by atoms with Gasteiger partial charge in [-0.05, 0) is 25.2 Å². The number of nitrogens with zero attached hydrogens (tertiary/aromatic N) is 2. The fourth-order valence-electron chi connectivity index (χ4n) is 3.00. The molecule has 0 atom stereocenters. The Hall–Kier alpha value is -2.88. The molecule has 1 saturated heterocycles. The Labute approximate surface area is 157 Å². The van der Waals surface area contributed by atoms with Gasteiger partial charge in [-0.2, -0.15) is 13.2 Å². The summed E-state index contributed by atoms with van der Waals surface area (Å²) in [5, 5.41) is 2.41. The molecule has 1 amide bonds. The molecule has 2 aromatic rings. The number of hydrogen-bond acceptors (Lipinski definition) is 4. The van der Waals surface area contributed by atoms with E-state index in [4.69, 9.17) is 0 Å². The summed E-state index contributed by atoms with van der Waals surface area (Å²) < 4.78 is 53.3. The number of pyridine rings is 1. The maximum absolute atomic E-state index is 13.8. The Morgan fingerprint density at radius 1 is 1.14 bits per heavy atom. The number of nitrogens with one attached hydrogen (secondary N) is 2. The standard InChI is InChI=1S/C18H18F4N4O2/c1-25-4-6-26(7-5-25)15-8-11(19)2-3-14(15)24-17(28)12-10-23-16(27)9-13(12)18(20,21)22/h2-3,8-10H,4-7H2,1H3,(H,23,27)(H,24,28). The van der Waals surface area contributed by atoms with Gasteiger partial charge in [-0.1, -0.05) is 0 Å². The van der Waals surface area contributed by atoms with Gasteiger partial charge in [0, 0.05) is 38.4 Å². The van der Waals surface area contributed by atoms with E-state index in [1.807, 2.05) is 11.9 Å². The number of anilines is 2. The molecule has 6 nitrogen and oxygen atoms in total. The number of likely N-dealkylation sites (N-methyl/N-ethyl adjacent to an activating group) is 1. The molecule has 3 rings (SSSR count). The van der Waals surface area contributed by atoms with Crippen LogP contribution in [0.2, 0.25) is 0 Å². The molecule has 0 unspecified atom stereocenters. The van der Waals surface area contributed by atoms with Gasteiger partial charge in [-0.3, -0.25) is 9.59 Å². The van der Waals surface area contributed by atoms with E-state index in [9.17, 15) is 27.2 Å². The average molecular weight is 398 g/mol. The summed E-state index contributed by atoms with van der Waals surface area (Å²) in [6.45, 7) is 2.61. The van der Waals surface area contributed by atoms with Crippen LogP contribution in [0.4, 0.5) is 28.9 Å². The Kier molecular flexibility index (Phi) is 5.41. The first-order valence-corrected chi connectivity index (χ1v) is 8.49. The Balaban J connectivity index is 1.93. The Bertz CT molecular complexity index is 934. The van der Waals surface area contributed by atoms with Crippen LogP contribution in [0.3, 0.4) is 0 Å². The number of alkyl halides is 3. The highest BCUT2D eigenvalue weighted by Gasteiger charge is 2.36. The second-order valence-corrected chi connectivity index (χ2v) is 6.53. The van der Waals surface area contributed by atoms with E-state index in [1.165, 1.54) is 12.1 Å². The van der Waals surface area contributed by atoms with Gasteiger partial charge in [0.15, 0.2) is 0 Å². The molecule has 0 aliphatic carbocycles. The van der Waals surface area contributed by atoms with Crippen LogP contribution in [0, 0.1) is 5.82 Å². The molecule has 1 aliphatic heterocycles. The lowest BCUT2D eigenvalue weighted by molar-refractivity contribution is -0.138. The third-order valence-electron chi connectivity index (χ3n) is 4.53. The molecule has 2 heterocycles. The van der Waals surface area contributed by atoms with Crippen LogP contribution in [0.5, 0.6) is 0 Å². The third-order valence-corrected chi connectivity index (χ3v) is 4.53. The van der Waals surface area contributed by atoms with Crippen LogP contribution in [-0.2, 0) is 6.18 Å². The largest absolute Gasteiger partial charge is 0.417 e. The highest BCUT2D eigenvalue weighted by molar-refractivity contribution is 6.06. The third kappa shape index (κ3) is 4.33. The second kappa shape index (κ2) is 7.63. The van der Waals surface area contributed by atoms with Crippen LogP contribution in [0.25, 0.3) is 0 Å². The van der Waals surface area contributed by atoms with Crippen LogP contribution in [0.15, 0.2) is 35.3 Å². The Morgan fingerprint density at radius 2 is 1.82 bits per heavy atom. The van der Waals surface area contributed by atoms with Crippen molar-refractivity contribution < 1.29 is 22.4 Å². The molecule has 1 fully saturated rings. The lowest BCUT2D eigenvalue weighted by Crippen LogP contribution is -2.44. The molecule has 1 aliphatic rings. The molecule has 0 spiro atoms. The number of hydrogen-bond donors (Lipinski definition) is 2. The molecule has 1 aromatic carbocycles. The molecule has 1 aromatic heterocycles. The minimum atomic E-state index is -4.87. The van der Waals surface area contributed by atoms with Crippen molar-refractivity contribution in [3.05, 3.63) is 57.8 Å². The number of halogens is 4. The van der Waals surface area contributed by atoms with Crippen molar-refractivity contribution in [1.82, 2.24) is 9.88 Å². The van der Waals surface area contributed by atoms with E-state index in [2.05, 4.69) is 15.2 Å². The van der Waals surface area contributed by atoms with Crippen LogP contribution < -0.4 is 15.8 Å². The van der Waals surface area contributed by atoms with Gasteiger partial charge in [0.25, 0.3) is 5.91 Å². The van der Waals surface area contributed by atoms with Crippen molar-refractivity contribution in [2.75, 3.05) is 43.4 Å². The number of rotatable bonds is 3.